The molecule has 0 unspecified atom stereocenters. The number of ether oxygens (including phenoxy) is 1. The highest BCUT2D eigenvalue weighted by molar-refractivity contribution is 7.08. The molecule has 0 aliphatic carbocycles. The van der Waals surface area contributed by atoms with Crippen molar-refractivity contribution in [2.24, 2.45) is 0 Å². The van der Waals surface area contributed by atoms with Gasteiger partial charge in [0.2, 0.25) is 0 Å². The van der Waals surface area contributed by atoms with Crippen LogP contribution in [-0.2, 0) is 9.53 Å². The standard InChI is InChI=1S/C14H11F2NO3S/c1-8(20-14(19)9-4-5-21-7-9)13(18)17-12-6-10(15)2-3-11(12)16/h2-8H,1H3,(H,17,18)/t8-/m1/s1. The number of thiophene rings is 1. The van der Waals surface area contributed by atoms with Gasteiger partial charge in [0.25, 0.3) is 5.91 Å². The Morgan fingerprint density at radius 2 is 2.05 bits per heavy atom. The zero-order valence-corrected chi connectivity index (χ0v) is 11.7. The molecule has 21 heavy (non-hydrogen) atoms. The van der Waals surface area contributed by atoms with Gasteiger partial charge in [-0.1, -0.05) is 0 Å². The summed E-state index contributed by atoms with van der Waals surface area (Å²) in [4.78, 5) is 23.5. The normalized spacial score (nSPS) is 11.8. The third-order valence-electron chi connectivity index (χ3n) is 2.60. The Morgan fingerprint density at radius 3 is 2.71 bits per heavy atom. The Labute approximate surface area is 123 Å². The molecule has 0 aliphatic rings. The largest absolute Gasteiger partial charge is 0.449 e. The number of nitrogens with one attached hydrogen (secondary N) is 1. The van der Waals surface area contributed by atoms with Gasteiger partial charge < -0.3 is 10.1 Å². The van der Waals surface area contributed by atoms with Gasteiger partial charge in [-0.3, -0.25) is 4.79 Å². The van der Waals surface area contributed by atoms with Gasteiger partial charge in [0.1, 0.15) is 11.6 Å². The second kappa shape index (κ2) is 6.45. The number of benzene rings is 1. The molecule has 2 rings (SSSR count). The summed E-state index contributed by atoms with van der Waals surface area (Å²) >= 11 is 1.32. The van der Waals surface area contributed by atoms with E-state index in [9.17, 15) is 18.4 Å². The number of esters is 1. The maximum absolute atomic E-state index is 13.4. The van der Waals surface area contributed by atoms with Crippen LogP contribution in [0.5, 0.6) is 0 Å². The van der Waals surface area contributed by atoms with Crippen LogP contribution < -0.4 is 5.32 Å². The van der Waals surface area contributed by atoms with E-state index in [-0.39, 0.29) is 5.69 Å². The van der Waals surface area contributed by atoms with E-state index in [0.717, 1.165) is 18.2 Å². The molecule has 0 fully saturated rings. The topological polar surface area (TPSA) is 55.4 Å². The van der Waals surface area contributed by atoms with E-state index >= 15 is 0 Å². The predicted octanol–water partition coefficient (Wildman–Crippen LogP) is 3.21. The Bertz CT molecular complexity index is 658. The number of carbonyl (C=O) groups excluding carboxylic acids is 2. The highest BCUT2D eigenvalue weighted by Gasteiger charge is 2.20. The summed E-state index contributed by atoms with van der Waals surface area (Å²) in [7, 11) is 0. The third kappa shape index (κ3) is 3.85. The van der Waals surface area contributed by atoms with Gasteiger partial charge in [0.05, 0.1) is 11.3 Å². The van der Waals surface area contributed by atoms with E-state index in [1.807, 2.05) is 0 Å². The average Bonchev–Trinajstić information content (AvgIpc) is 2.97. The second-order valence-electron chi connectivity index (χ2n) is 4.17. The maximum atomic E-state index is 13.4. The minimum atomic E-state index is -1.14. The summed E-state index contributed by atoms with van der Waals surface area (Å²) in [6.07, 6.45) is -1.14. The molecule has 0 spiro atoms. The van der Waals surface area contributed by atoms with Crippen molar-refractivity contribution in [3.8, 4) is 0 Å². The molecule has 1 heterocycles. The highest BCUT2D eigenvalue weighted by Crippen LogP contribution is 2.16. The Morgan fingerprint density at radius 1 is 1.29 bits per heavy atom. The lowest BCUT2D eigenvalue weighted by Crippen LogP contribution is -2.30. The van der Waals surface area contributed by atoms with E-state index in [4.69, 9.17) is 4.74 Å². The summed E-state index contributed by atoms with van der Waals surface area (Å²) in [5.41, 5.74) is 0.0232. The van der Waals surface area contributed by atoms with E-state index < -0.39 is 29.6 Å². The van der Waals surface area contributed by atoms with Crippen LogP contribution in [0.3, 0.4) is 0 Å². The predicted molar refractivity (Wildman–Crippen MR) is 74.2 cm³/mol. The summed E-state index contributed by atoms with van der Waals surface area (Å²) in [6, 6.07) is 4.24. The van der Waals surface area contributed by atoms with Crippen LogP contribution in [0.2, 0.25) is 0 Å². The lowest BCUT2D eigenvalue weighted by Gasteiger charge is -2.13. The first-order valence-corrected chi connectivity index (χ1v) is 6.90. The van der Waals surface area contributed by atoms with Crippen molar-refractivity contribution >= 4 is 28.9 Å². The van der Waals surface area contributed by atoms with Crippen LogP contribution >= 0.6 is 11.3 Å². The molecular formula is C14H11F2NO3S. The van der Waals surface area contributed by atoms with Crippen molar-refractivity contribution in [2.45, 2.75) is 13.0 Å². The molecule has 1 N–H and O–H groups in total. The van der Waals surface area contributed by atoms with Crippen LogP contribution in [0.25, 0.3) is 0 Å². The molecule has 2 aromatic rings. The summed E-state index contributed by atoms with van der Waals surface area (Å²) in [6.45, 7) is 1.34. The fourth-order valence-electron chi connectivity index (χ4n) is 1.49. The van der Waals surface area contributed by atoms with Crippen molar-refractivity contribution in [1.29, 1.82) is 0 Å². The van der Waals surface area contributed by atoms with Crippen molar-refractivity contribution in [2.75, 3.05) is 5.32 Å². The van der Waals surface area contributed by atoms with Crippen molar-refractivity contribution in [3.05, 3.63) is 52.2 Å². The molecule has 4 nitrogen and oxygen atoms in total. The van der Waals surface area contributed by atoms with Crippen LogP contribution in [0.15, 0.2) is 35.0 Å². The van der Waals surface area contributed by atoms with Crippen molar-refractivity contribution < 1.29 is 23.1 Å². The smallest absolute Gasteiger partial charge is 0.339 e. The van der Waals surface area contributed by atoms with Crippen LogP contribution in [0, 0.1) is 11.6 Å². The molecule has 0 radical (unpaired) electrons. The van der Waals surface area contributed by atoms with Crippen LogP contribution in [0.1, 0.15) is 17.3 Å². The average molecular weight is 311 g/mol. The minimum absolute atomic E-state index is 0.307. The summed E-state index contributed by atoms with van der Waals surface area (Å²) in [5, 5.41) is 5.45. The lowest BCUT2D eigenvalue weighted by atomic mass is 10.2. The minimum Gasteiger partial charge on any atom is -0.449 e. The zero-order chi connectivity index (χ0) is 15.4. The van der Waals surface area contributed by atoms with Gasteiger partial charge in [-0.05, 0) is 30.5 Å². The molecule has 7 heteroatoms. The van der Waals surface area contributed by atoms with Gasteiger partial charge in [-0.25, -0.2) is 13.6 Å². The zero-order valence-electron chi connectivity index (χ0n) is 10.9. The quantitative estimate of drug-likeness (QED) is 0.882. The highest BCUT2D eigenvalue weighted by atomic mass is 32.1. The third-order valence-corrected chi connectivity index (χ3v) is 3.28. The van der Waals surface area contributed by atoms with Gasteiger partial charge >= 0.3 is 5.97 Å². The van der Waals surface area contributed by atoms with Gasteiger partial charge in [-0.15, -0.1) is 0 Å². The number of hydrogen-bond acceptors (Lipinski definition) is 4. The number of rotatable bonds is 4. The van der Waals surface area contributed by atoms with E-state index in [0.29, 0.717) is 5.56 Å². The van der Waals surface area contributed by atoms with E-state index in [1.54, 1.807) is 16.8 Å². The number of amides is 1. The fourth-order valence-corrected chi connectivity index (χ4v) is 2.12. The van der Waals surface area contributed by atoms with E-state index in [1.165, 1.54) is 18.3 Å². The first kappa shape index (κ1) is 15.1. The van der Waals surface area contributed by atoms with E-state index in [2.05, 4.69) is 5.32 Å². The van der Waals surface area contributed by atoms with Crippen molar-refractivity contribution in [1.82, 2.24) is 0 Å². The van der Waals surface area contributed by atoms with Crippen molar-refractivity contribution in [3.63, 3.8) is 0 Å². The molecular weight excluding hydrogens is 300 g/mol. The maximum Gasteiger partial charge on any atom is 0.339 e. The monoisotopic (exact) mass is 311 g/mol. The first-order chi connectivity index (χ1) is 9.97. The Hall–Kier alpha value is -2.28. The van der Waals surface area contributed by atoms with Gasteiger partial charge in [0, 0.05) is 11.4 Å². The molecule has 0 aliphatic heterocycles. The van der Waals surface area contributed by atoms with Gasteiger partial charge in [-0.2, -0.15) is 11.3 Å². The number of hydrogen-bond donors (Lipinski definition) is 1. The number of anilines is 1. The first-order valence-electron chi connectivity index (χ1n) is 5.96. The van der Waals surface area contributed by atoms with Crippen LogP contribution in [0.4, 0.5) is 14.5 Å². The molecule has 1 aromatic carbocycles. The second-order valence-corrected chi connectivity index (χ2v) is 4.95. The molecule has 0 saturated carbocycles. The Kier molecular flexibility index (Phi) is 4.64. The summed E-state index contributed by atoms with van der Waals surface area (Å²) in [5.74, 6) is -2.86. The molecule has 0 saturated heterocycles. The molecule has 1 aromatic heterocycles. The molecule has 1 atom stereocenters. The lowest BCUT2D eigenvalue weighted by molar-refractivity contribution is -0.123. The molecule has 0 bridgehead atoms. The Balaban J connectivity index is 1.99. The molecule has 1 amide bonds. The molecule has 110 valence electrons. The summed E-state index contributed by atoms with van der Waals surface area (Å²) < 4.78 is 31.3. The fraction of sp³-hybridized carbons (Fsp3) is 0.143. The number of carbonyl (C=O) groups is 2. The van der Waals surface area contributed by atoms with Gasteiger partial charge in [0.15, 0.2) is 6.10 Å². The number of halogens is 2. The SMILES string of the molecule is C[C@@H](OC(=O)c1ccsc1)C(=O)Nc1cc(F)ccc1F. The van der Waals surface area contributed by atoms with Crippen LogP contribution in [-0.4, -0.2) is 18.0 Å².